The first-order valence-corrected chi connectivity index (χ1v) is 7.48. The largest absolute Gasteiger partial charge is 0.495 e. The Kier molecular flexibility index (Phi) is 5.00. The minimum atomic E-state index is -0.226. The lowest BCUT2D eigenvalue weighted by Crippen LogP contribution is -2.28. The number of carbonyl (C=O) groups is 1. The fraction of sp³-hybridized carbons (Fsp3) is 0.214. The number of carbonyl (C=O) groups excluding carboxylic acids is 1. The Labute approximate surface area is 140 Å². The molecule has 110 valence electrons. The number of Topliss-reactive ketones (excluding diaryl/α,β-unsaturated/α-hetero) is 1. The van der Waals surface area contributed by atoms with Crippen LogP contribution in [-0.2, 0) is 6.54 Å². The molecule has 0 spiro atoms. The van der Waals surface area contributed by atoms with Crippen molar-refractivity contribution >= 4 is 40.0 Å². The summed E-state index contributed by atoms with van der Waals surface area (Å²) in [4.78, 5) is 28.4. The molecule has 0 N–H and O–H groups in total. The topological polar surface area (TPSA) is 61.2 Å². The molecule has 0 fully saturated rings. The van der Waals surface area contributed by atoms with E-state index >= 15 is 0 Å². The van der Waals surface area contributed by atoms with Crippen molar-refractivity contribution < 1.29 is 9.53 Å². The van der Waals surface area contributed by atoms with E-state index in [2.05, 4.69) is 4.98 Å². The molecule has 0 atom stereocenters. The second kappa shape index (κ2) is 6.57. The van der Waals surface area contributed by atoms with Crippen LogP contribution in [0.3, 0.4) is 0 Å². The highest BCUT2D eigenvalue weighted by Gasteiger charge is 2.13. The molecule has 0 unspecified atom stereocenters. The number of aromatic nitrogens is 2. The van der Waals surface area contributed by atoms with Crippen molar-refractivity contribution in [2.75, 3.05) is 7.11 Å². The maximum atomic E-state index is 12.3. The summed E-state index contributed by atoms with van der Waals surface area (Å²) in [6, 6.07) is 4.78. The van der Waals surface area contributed by atoms with E-state index in [1.165, 1.54) is 23.9 Å². The first kappa shape index (κ1) is 16.0. The predicted molar refractivity (Wildman–Crippen MR) is 88.3 cm³/mol. The SMILES string of the molecule is COc1ccc(C(=O)Cn2c(C)ncc(I)c2=O)cc1Cl. The molecule has 7 heteroatoms. The van der Waals surface area contributed by atoms with Crippen LogP contribution >= 0.6 is 34.2 Å². The van der Waals surface area contributed by atoms with Gasteiger partial charge in [-0.05, 0) is 47.7 Å². The molecule has 1 aromatic heterocycles. The molecule has 0 amide bonds. The third-order valence-corrected chi connectivity index (χ3v) is 4.02. The highest BCUT2D eigenvalue weighted by Crippen LogP contribution is 2.25. The summed E-state index contributed by atoms with van der Waals surface area (Å²) in [5.74, 6) is 0.777. The molecule has 1 aromatic carbocycles. The van der Waals surface area contributed by atoms with Crippen molar-refractivity contribution in [1.82, 2.24) is 9.55 Å². The Bertz CT molecular complexity index is 758. The number of rotatable bonds is 4. The highest BCUT2D eigenvalue weighted by molar-refractivity contribution is 14.1. The average molecular weight is 419 g/mol. The van der Waals surface area contributed by atoms with E-state index < -0.39 is 0 Å². The summed E-state index contributed by atoms with van der Waals surface area (Å²) in [5.41, 5.74) is 0.196. The number of halogens is 2. The minimum absolute atomic E-state index is 0.0723. The van der Waals surface area contributed by atoms with Gasteiger partial charge in [0.15, 0.2) is 5.78 Å². The second-order valence-electron chi connectivity index (χ2n) is 4.32. The van der Waals surface area contributed by atoms with Crippen LogP contribution in [0.25, 0.3) is 0 Å². The van der Waals surface area contributed by atoms with E-state index in [1.807, 2.05) is 22.6 Å². The number of methoxy groups -OCH3 is 1. The Hall–Kier alpha value is -1.41. The van der Waals surface area contributed by atoms with E-state index in [-0.39, 0.29) is 17.9 Å². The fourth-order valence-electron chi connectivity index (χ4n) is 1.81. The first-order chi connectivity index (χ1) is 9.93. The Morgan fingerprint density at radius 1 is 1.48 bits per heavy atom. The van der Waals surface area contributed by atoms with Gasteiger partial charge in [-0.15, -0.1) is 0 Å². The molecule has 0 saturated carbocycles. The number of hydrogen-bond donors (Lipinski definition) is 0. The maximum absolute atomic E-state index is 12.3. The molecule has 1 heterocycles. The molecule has 2 aromatic rings. The molecule has 0 radical (unpaired) electrons. The summed E-state index contributed by atoms with van der Waals surface area (Å²) < 4.78 is 6.86. The van der Waals surface area contributed by atoms with E-state index in [9.17, 15) is 9.59 Å². The summed E-state index contributed by atoms with van der Waals surface area (Å²) in [7, 11) is 1.50. The summed E-state index contributed by atoms with van der Waals surface area (Å²) in [6.45, 7) is 1.61. The van der Waals surface area contributed by atoms with Crippen molar-refractivity contribution in [2.45, 2.75) is 13.5 Å². The van der Waals surface area contributed by atoms with Crippen LogP contribution in [0.15, 0.2) is 29.2 Å². The summed E-state index contributed by atoms with van der Waals surface area (Å²) in [5, 5.41) is 0.355. The van der Waals surface area contributed by atoms with Gasteiger partial charge in [0.25, 0.3) is 5.56 Å². The van der Waals surface area contributed by atoms with Crippen LogP contribution in [0.1, 0.15) is 16.2 Å². The molecule has 0 aliphatic carbocycles. The molecule has 0 aliphatic rings. The van der Waals surface area contributed by atoms with Crippen molar-refractivity contribution in [3.05, 3.63) is 54.7 Å². The fourth-order valence-corrected chi connectivity index (χ4v) is 2.50. The second-order valence-corrected chi connectivity index (χ2v) is 5.89. The van der Waals surface area contributed by atoms with Gasteiger partial charge in [0, 0.05) is 11.8 Å². The molecule has 0 aliphatic heterocycles. The van der Waals surface area contributed by atoms with Crippen LogP contribution in [0.4, 0.5) is 0 Å². The van der Waals surface area contributed by atoms with Gasteiger partial charge in [-0.2, -0.15) is 0 Å². The van der Waals surface area contributed by atoms with Gasteiger partial charge in [0.05, 0.1) is 22.2 Å². The van der Waals surface area contributed by atoms with E-state index in [1.54, 1.807) is 19.1 Å². The zero-order valence-corrected chi connectivity index (χ0v) is 14.3. The lowest BCUT2D eigenvalue weighted by atomic mass is 10.1. The molecular formula is C14H12ClIN2O3. The third kappa shape index (κ3) is 3.44. The number of aryl methyl sites for hydroxylation is 1. The van der Waals surface area contributed by atoms with Crippen molar-refractivity contribution in [2.24, 2.45) is 0 Å². The normalized spacial score (nSPS) is 10.5. The number of hydrogen-bond acceptors (Lipinski definition) is 4. The number of benzene rings is 1. The molecule has 0 bridgehead atoms. The molecule has 0 saturated heterocycles. The number of nitrogens with zero attached hydrogens (tertiary/aromatic N) is 2. The monoisotopic (exact) mass is 418 g/mol. The molecule has 21 heavy (non-hydrogen) atoms. The smallest absolute Gasteiger partial charge is 0.267 e. The van der Waals surface area contributed by atoms with E-state index in [4.69, 9.17) is 16.3 Å². The van der Waals surface area contributed by atoms with Gasteiger partial charge in [0.1, 0.15) is 11.6 Å². The summed E-state index contributed by atoms with van der Waals surface area (Å²) >= 11 is 7.90. The van der Waals surface area contributed by atoms with E-state index in [0.29, 0.717) is 25.7 Å². The number of ketones is 1. The highest BCUT2D eigenvalue weighted by atomic mass is 127. The Morgan fingerprint density at radius 2 is 2.19 bits per heavy atom. The Balaban J connectivity index is 2.33. The first-order valence-electron chi connectivity index (χ1n) is 6.02. The lowest BCUT2D eigenvalue weighted by molar-refractivity contribution is 0.0969. The predicted octanol–water partition coefficient (Wildman–Crippen LogP) is 2.70. The van der Waals surface area contributed by atoms with Gasteiger partial charge in [-0.3, -0.25) is 14.2 Å². The van der Waals surface area contributed by atoms with E-state index in [0.717, 1.165) is 0 Å². The average Bonchev–Trinajstić information content (AvgIpc) is 2.47. The van der Waals surface area contributed by atoms with Crippen molar-refractivity contribution in [1.29, 1.82) is 0 Å². The van der Waals surface area contributed by atoms with Crippen LogP contribution < -0.4 is 10.3 Å². The van der Waals surface area contributed by atoms with Crippen LogP contribution in [0, 0.1) is 10.5 Å². The summed E-state index contributed by atoms with van der Waals surface area (Å²) in [6.07, 6.45) is 1.49. The quantitative estimate of drug-likeness (QED) is 0.566. The van der Waals surface area contributed by atoms with Gasteiger partial charge in [0.2, 0.25) is 0 Å². The van der Waals surface area contributed by atoms with Crippen LogP contribution in [-0.4, -0.2) is 22.4 Å². The maximum Gasteiger partial charge on any atom is 0.267 e. The molecule has 5 nitrogen and oxygen atoms in total. The zero-order valence-electron chi connectivity index (χ0n) is 11.4. The third-order valence-electron chi connectivity index (χ3n) is 2.98. The van der Waals surface area contributed by atoms with Gasteiger partial charge in [-0.25, -0.2) is 4.98 Å². The van der Waals surface area contributed by atoms with Crippen LogP contribution in [0.2, 0.25) is 5.02 Å². The minimum Gasteiger partial charge on any atom is -0.495 e. The number of ether oxygens (including phenoxy) is 1. The Morgan fingerprint density at radius 3 is 2.81 bits per heavy atom. The van der Waals surface area contributed by atoms with Gasteiger partial charge in [-0.1, -0.05) is 11.6 Å². The van der Waals surface area contributed by atoms with Crippen LogP contribution in [0.5, 0.6) is 5.75 Å². The van der Waals surface area contributed by atoms with Gasteiger partial charge < -0.3 is 4.74 Å². The zero-order chi connectivity index (χ0) is 15.6. The molecular weight excluding hydrogens is 407 g/mol. The lowest BCUT2D eigenvalue weighted by Gasteiger charge is -2.09. The van der Waals surface area contributed by atoms with Gasteiger partial charge >= 0.3 is 0 Å². The standard InChI is InChI=1S/C14H12ClIN2O3/c1-8-17-6-11(16)14(20)18(8)7-12(19)9-3-4-13(21-2)10(15)5-9/h3-6H,7H2,1-2H3. The van der Waals surface area contributed by atoms with Crippen molar-refractivity contribution in [3.63, 3.8) is 0 Å². The van der Waals surface area contributed by atoms with Crippen molar-refractivity contribution in [3.8, 4) is 5.75 Å². The molecule has 2 rings (SSSR count).